The molecule has 2 aromatic rings. The maximum Gasteiger partial charge on any atom is 0.416 e. The molecule has 0 fully saturated rings. The first-order chi connectivity index (χ1) is 7.80. The van der Waals surface area contributed by atoms with Crippen molar-refractivity contribution in [2.45, 2.75) is 6.18 Å². The predicted molar refractivity (Wildman–Crippen MR) is 54.9 cm³/mol. The second-order valence-corrected chi connectivity index (χ2v) is 3.95. The molecular weight excluding hydrogens is 305 g/mol. The normalized spacial score (nSPS) is 12.0. The molecule has 0 saturated heterocycles. The molecule has 0 aliphatic rings. The van der Waals surface area contributed by atoms with Gasteiger partial charge < -0.3 is 5.11 Å². The smallest absolute Gasteiger partial charge is 0.416 e. The maximum absolute atomic E-state index is 12.5. The number of fused-ring (bicyclic) bond motifs is 1. The number of nitrogens with zero attached hydrogens (tertiary/aromatic N) is 2. The largest absolute Gasteiger partial charge is 0.475 e. The number of alkyl halides is 3. The molecule has 0 aromatic carbocycles. The lowest BCUT2D eigenvalue weighted by Gasteiger charge is -2.06. The van der Waals surface area contributed by atoms with Crippen molar-refractivity contribution in [1.29, 1.82) is 0 Å². The highest BCUT2D eigenvalue weighted by molar-refractivity contribution is 9.10. The molecule has 0 atom stereocenters. The molecular formula is C9H4BrF3N2O2. The maximum atomic E-state index is 12.5. The number of carboxylic acid groups (broad SMARTS) is 1. The number of aromatic nitrogens is 2. The highest BCUT2D eigenvalue weighted by atomic mass is 79.9. The number of pyridine rings is 1. The van der Waals surface area contributed by atoms with Crippen LogP contribution in [0.3, 0.4) is 0 Å². The van der Waals surface area contributed by atoms with Crippen molar-refractivity contribution in [3.05, 3.63) is 34.3 Å². The van der Waals surface area contributed by atoms with E-state index >= 15 is 0 Å². The molecule has 1 N–H and O–H groups in total. The molecule has 17 heavy (non-hydrogen) atoms. The lowest BCUT2D eigenvalue weighted by atomic mass is 10.2. The summed E-state index contributed by atoms with van der Waals surface area (Å²) in [5.74, 6) is -1.66. The third-order valence-corrected chi connectivity index (χ3v) is 2.70. The summed E-state index contributed by atoms with van der Waals surface area (Å²) in [6, 6.07) is 1.64. The minimum atomic E-state index is -4.48. The number of carboxylic acids is 1. The van der Waals surface area contributed by atoms with Crippen LogP contribution in [0.25, 0.3) is 5.52 Å². The number of hydrogen-bond donors (Lipinski definition) is 1. The van der Waals surface area contributed by atoms with Gasteiger partial charge in [-0.25, -0.2) is 9.78 Å². The van der Waals surface area contributed by atoms with Gasteiger partial charge in [0.1, 0.15) is 4.60 Å². The van der Waals surface area contributed by atoms with E-state index in [0.29, 0.717) is 0 Å². The molecule has 0 amide bonds. The average molecular weight is 309 g/mol. The quantitative estimate of drug-likeness (QED) is 0.881. The molecule has 0 radical (unpaired) electrons. The van der Waals surface area contributed by atoms with Gasteiger partial charge in [-0.1, -0.05) is 0 Å². The molecule has 0 bridgehead atoms. The Bertz CT molecular complexity index is 606. The molecule has 2 rings (SSSR count). The number of aromatic carboxylic acids is 1. The highest BCUT2D eigenvalue weighted by Gasteiger charge is 2.31. The highest BCUT2D eigenvalue weighted by Crippen LogP contribution is 2.31. The zero-order valence-electron chi connectivity index (χ0n) is 7.99. The van der Waals surface area contributed by atoms with Crippen molar-refractivity contribution >= 4 is 27.4 Å². The van der Waals surface area contributed by atoms with E-state index < -0.39 is 17.7 Å². The van der Waals surface area contributed by atoms with Crippen LogP contribution in [-0.2, 0) is 6.18 Å². The molecule has 90 valence electrons. The third-order valence-electron chi connectivity index (χ3n) is 2.12. The molecule has 0 unspecified atom stereocenters. The first-order valence-corrected chi connectivity index (χ1v) is 5.08. The van der Waals surface area contributed by atoms with Crippen molar-refractivity contribution in [1.82, 2.24) is 9.38 Å². The Labute approximate surface area is 101 Å². The fourth-order valence-electron chi connectivity index (χ4n) is 1.38. The van der Waals surface area contributed by atoms with Crippen LogP contribution in [0, 0.1) is 0 Å². The standard InChI is InChI=1S/C9H4BrF3N2O2/c10-6-5-3-4(9(11,12)13)1-2-15(5)7(14-6)8(16)17/h1-3H,(H,16,17). The van der Waals surface area contributed by atoms with E-state index in [9.17, 15) is 18.0 Å². The summed E-state index contributed by atoms with van der Waals surface area (Å²) in [7, 11) is 0. The van der Waals surface area contributed by atoms with Crippen LogP contribution in [-0.4, -0.2) is 20.5 Å². The summed E-state index contributed by atoms with van der Waals surface area (Å²) in [6.07, 6.45) is -3.45. The van der Waals surface area contributed by atoms with E-state index in [-0.39, 0.29) is 15.9 Å². The zero-order valence-corrected chi connectivity index (χ0v) is 9.58. The van der Waals surface area contributed by atoms with Gasteiger partial charge in [-0.3, -0.25) is 4.40 Å². The first kappa shape index (κ1) is 11.9. The number of rotatable bonds is 1. The molecule has 2 heterocycles. The number of hydrogen-bond acceptors (Lipinski definition) is 2. The van der Waals surface area contributed by atoms with Crippen molar-refractivity contribution in [3.8, 4) is 0 Å². The van der Waals surface area contributed by atoms with Gasteiger partial charge in [0.25, 0.3) is 0 Å². The second kappa shape index (κ2) is 3.73. The zero-order chi connectivity index (χ0) is 12.8. The number of halogens is 4. The lowest BCUT2D eigenvalue weighted by molar-refractivity contribution is -0.137. The van der Waals surface area contributed by atoms with Gasteiger partial charge in [0.2, 0.25) is 5.82 Å². The van der Waals surface area contributed by atoms with E-state index in [1.807, 2.05) is 0 Å². The predicted octanol–water partition coefficient (Wildman–Crippen LogP) is 2.81. The monoisotopic (exact) mass is 308 g/mol. The van der Waals surface area contributed by atoms with E-state index in [2.05, 4.69) is 20.9 Å². The van der Waals surface area contributed by atoms with Gasteiger partial charge in [0.15, 0.2) is 0 Å². The van der Waals surface area contributed by atoms with Crippen molar-refractivity contribution in [3.63, 3.8) is 0 Å². The van der Waals surface area contributed by atoms with Gasteiger partial charge >= 0.3 is 12.1 Å². The van der Waals surface area contributed by atoms with Crippen molar-refractivity contribution in [2.75, 3.05) is 0 Å². The van der Waals surface area contributed by atoms with Crippen LogP contribution in [0.1, 0.15) is 16.2 Å². The lowest BCUT2D eigenvalue weighted by Crippen LogP contribution is -2.07. The van der Waals surface area contributed by atoms with E-state index in [1.165, 1.54) is 0 Å². The molecule has 0 saturated carbocycles. The Balaban J connectivity index is 2.72. The van der Waals surface area contributed by atoms with E-state index in [1.54, 1.807) is 0 Å². The van der Waals surface area contributed by atoms with Gasteiger partial charge in [-0.15, -0.1) is 0 Å². The van der Waals surface area contributed by atoms with E-state index in [0.717, 1.165) is 22.7 Å². The molecule has 8 heteroatoms. The van der Waals surface area contributed by atoms with Gasteiger partial charge in [-0.05, 0) is 28.1 Å². The Morgan fingerprint density at radius 2 is 2.12 bits per heavy atom. The Hall–Kier alpha value is -1.57. The fraction of sp³-hybridized carbons (Fsp3) is 0.111. The van der Waals surface area contributed by atoms with Gasteiger partial charge in [0.05, 0.1) is 11.1 Å². The van der Waals surface area contributed by atoms with Gasteiger partial charge in [0, 0.05) is 6.20 Å². The molecule has 2 aromatic heterocycles. The minimum absolute atomic E-state index is 0.0530. The fourth-order valence-corrected chi connectivity index (χ4v) is 1.85. The summed E-state index contributed by atoms with van der Waals surface area (Å²) in [6.45, 7) is 0. The Kier molecular flexibility index (Phi) is 2.61. The molecule has 0 spiro atoms. The Morgan fingerprint density at radius 3 is 2.65 bits per heavy atom. The van der Waals surface area contributed by atoms with Crippen LogP contribution in [0.5, 0.6) is 0 Å². The number of imidazole rings is 1. The van der Waals surface area contributed by atoms with Crippen LogP contribution in [0.2, 0.25) is 0 Å². The third kappa shape index (κ3) is 1.99. The molecule has 4 nitrogen and oxygen atoms in total. The SMILES string of the molecule is O=C(O)c1nc(Br)c2cc(C(F)(F)F)ccn12. The summed E-state index contributed by atoms with van der Waals surface area (Å²) in [5.41, 5.74) is -0.806. The van der Waals surface area contributed by atoms with Crippen LogP contribution in [0.4, 0.5) is 13.2 Å². The topological polar surface area (TPSA) is 54.6 Å². The summed E-state index contributed by atoms with van der Waals surface area (Å²) >= 11 is 2.92. The molecule has 0 aliphatic carbocycles. The van der Waals surface area contributed by atoms with Crippen LogP contribution in [0.15, 0.2) is 22.9 Å². The summed E-state index contributed by atoms with van der Waals surface area (Å²) < 4.78 is 38.5. The average Bonchev–Trinajstić information content (AvgIpc) is 2.55. The van der Waals surface area contributed by atoms with Crippen molar-refractivity contribution < 1.29 is 23.1 Å². The second-order valence-electron chi connectivity index (χ2n) is 3.20. The van der Waals surface area contributed by atoms with Crippen molar-refractivity contribution in [2.24, 2.45) is 0 Å². The van der Waals surface area contributed by atoms with Crippen LogP contribution < -0.4 is 0 Å². The molecule has 0 aliphatic heterocycles. The first-order valence-electron chi connectivity index (χ1n) is 4.29. The minimum Gasteiger partial charge on any atom is -0.475 e. The number of carbonyl (C=O) groups is 1. The summed E-state index contributed by atoms with van der Waals surface area (Å²) in [4.78, 5) is 14.4. The Morgan fingerprint density at radius 1 is 1.47 bits per heavy atom. The van der Waals surface area contributed by atoms with Crippen LogP contribution >= 0.6 is 15.9 Å². The summed E-state index contributed by atoms with van der Waals surface area (Å²) in [5, 5.41) is 8.80. The van der Waals surface area contributed by atoms with E-state index in [4.69, 9.17) is 5.11 Å². The van der Waals surface area contributed by atoms with Gasteiger partial charge in [-0.2, -0.15) is 13.2 Å².